The number of likely N-dealkylation sites (tertiary alicyclic amines) is 1. The van der Waals surface area contributed by atoms with Gasteiger partial charge in [-0.3, -0.25) is 0 Å². The molecule has 1 heterocycles. The van der Waals surface area contributed by atoms with E-state index in [0.29, 0.717) is 0 Å². The van der Waals surface area contributed by atoms with E-state index in [1.54, 1.807) is 7.05 Å². The number of aliphatic hydroxyl groups excluding tert-OH is 1. The standard InChI is InChI=1S/C7H12F2N2OS/c1-10-6(13)11-3-5(12)2-7(8,9)4-11/h5,12H,2-4H2,1H3,(H,10,13). The summed E-state index contributed by atoms with van der Waals surface area (Å²) in [4.78, 5) is 1.28. The summed E-state index contributed by atoms with van der Waals surface area (Å²) in [5.74, 6) is -2.85. The molecule has 1 rings (SSSR count). The van der Waals surface area contributed by atoms with E-state index in [0.717, 1.165) is 0 Å². The van der Waals surface area contributed by atoms with Crippen molar-refractivity contribution in [1.29, 1.82) is 0 Å². The third kappa shape index (κ3) is 2.73. The highest BCUT2D eigenvalue weighted by atomic mass is 32.1. The molecule has 76 valence electrons. The van der Waals surface area contributed by atoms with Crippen LogP contribution in [0.15, 0.2) is 0 Å². The number of halogens is 2. The Balaban J connectivity index is 2.62. The van der Waals surface area contributed by atoms with Gasteiger partial charge < -0.3 is 15.3 Å². The van der Waals surface area contributed by atoms with Gasteiger partial charge in [0.1, 0.15) is 0 Å². The normalized spacial score (nSPS) is 27.1. The average Bonchev–Trinajstić information content (AvgIpc) is 1.99. The summed E-state index contributed by atoms with van der Waals surface area (Å²) in [6, 6.07) is 0. The van der Waals surface area contributed by atoms with Crippen molar-refractivity contribution < 1.29 is 13.9 Å². The first kappa shape index (κ1) is 10.6. The van der Waals surface area contributed by atoms with Crippen LogP contribution < -0.4 is 5.32 Å². The van der Waals surface area contributed by atoms with Crippen molar-refractivity contribution >= 4 is 17.3 Å². The minimum absolute atomic E-state index is 0.176. The molecule has 0 radical (unpaired) electrons. The maximum atomic E-state index is 12.9. The van der Waals surface area contributed by atoms with Crippen LogP contribution in [0.25, 0.3) is 0 Å². The maximum absolute atomic E-state index is 12.9. The Labute approximate surface area is 80.7 Å². The van der Waals surface area contributed by atoms with Crippen LogP contribution in [0.2, 0.25) is 0 Å². The molecule has 0 aromatic carbocycles. The Morgan fingerprint density at radius 3 is 2.77 bits per heavy atom. The number of alkyl halides is 2. The lowest BCUT2D eigenvalue weighted by Gasteiger charge is -2.36. The maximum Gasteiger partial charge on any atom is 0.267 e. The molecule has 1 saturated heterocycles. The topological polar surface area (TPSA) is 35.5 Å². The quantitative estimate of drug-likeness (QED) is 0.560. The van der Waals surface area contributed by atoms with Crippen LogP contribution in [-0.4, -0.2) is 47.3 Å². The zero-order valence-electron chi connectivity index (χ0n) is 7.26. The lowest BCUT2D eigenvalue weighted by molar-refractivity contribution is -0.0901. The van der Waals surface area contributed by atoms with Crippen molar-refractivity contribution in [3.8, 4) is 0 Å². The van der Waals surface area contributed by atoms with Crippen molar-refractivity contribution in [3.63, 3.8) is 0 Å². The number of hydrogen-bond donors (Lipinski definition) is 2. The van der Waals surface area contributed by atoms with Gasteiger partial charge in [-0.05, 0) is 12.2 Å². The molecule has 2 N–H and O–H groups in total. The molecule has 0 aliphatic carbocycles. The Bertz CT molecular complexity index is 213. The summed E-state index contributed by atoms with van der Waals surface area (Å²) >= 11 is 4.80. The fraction of sp³-hybridized carbons (Fsp3) is 0.857. The van der Waals surface area contributed by atoms with Gasteiger partial charge in [-0.25, -0.2) is 8.78 Å². The number of β-amino-alcohol motifs (C(OH)–C–C–N with tert-alkyl or cyclic N) is 1. The predicted molar refractivity (Wildman–Crippen MR) is 48.8 cm³/mol. The van der Waals surface area contributed by atoms with E-state index in [9.17, 15) is 8.78 Å². The molecule has 1 fully saturated rings. The van der Waals surface area contributed by atoms with E-state index in [2.05, 4.69) is 5.32 Å². The first-order valence-electron chi connectivity index (χ1n) is 3.97. The number of thiocarbonyl (C=S) groups is 1. The second kappa shape index (κ2) is 3.71. The van der Waals surface area contributed by atoms with Gasteiger partial charge in [-0.15, -0.1) is 0 Å². The summed E-state index contributed by atoms with van der Waals surface area (Å²) in [6.45, 7) is -0.237. The molecule has 1 aliphatic heterocycles. The van der Waals surface area contributed by atoms with Crippen LogP contribution in [-0.2, 0) is 0 Å². The minimum atomic E-state index is -2.85. The molecule has 1 atom stereocenters. The van der Waals surface area contributed by atoms with Gasteiger partial charge >= 0.3 is 0 Å². The zero-order valence-corrected chi connectivity index (χ0v) is 8.07. The number of nitrogens with one attached hydrogen (secondary N) is 1. The van der Waals surface area contributed by atoms with Crippen LogP contribution in [0, 0.1) is 0 Å². The average molecular weight is 210 g/mol. The van der Waals surface area contributed by atoms with Gasteiger partial charge in [-0.2, -0.15) is 0 Å². The first-order chi connectivity index (χ1) is 5.94. The fourth-order valence-electron chi connectivity index (χ4n) is 1.38. The van der Waals surface area contributed by atoms with Gasteiger partial charge in [0.15, 0.2) is 5.11 Å². The van der Waals surface area contributed by atoms with E-state index in [1.807, 2.05) is 0 Å². The Hall–Kier alpha value is -0.490. The second-order valence-electron chi connectivity index (χ2n) is 3.15. The van der Waals surface area contributed by atoms with Crippen molar-refractivity contribution in [3.05, 3.63) is 0 Å². The third-order valence-corrected chi connectivity index (χ3v) is 2.35. The zero-order chi connectivity index (χ0) is 10.1. The highest BCUT2D eigenvalue weighted by Crippen LogP contribution is 2.26. The first-order valence-corrected chi connectivity index (χ1v) is 4.38. The van der Waals surface area contributed by atoms with E-state index in [1.165, 1.54) is 4.90 Å². The SMILES string of the molecule is CNC(=S)N1CC(O)CC(F)(F)C1. The molecule has 0 aromatic heterocycles. The van der Waals surface area contributed by atoms with Gasteiger partial charge in [0.2, 0.25) is 0 Å². The fourth-order valence-corrected chi connectivity index (χ4v) is 1.52. The molecule has 1 aliphatic rings. The van der Waals surface area contributed by atoms with E-state index in [4.69, 9.17) is 17.3 Å². The lowest BCUT2D eigenvalue weighted by Crippen LogP contribution is -2.53. The number of rotatable bonds is 0. The van der Waals surface area contributed by atoms with Crippen LogP contribution in [0.3, 0.4) is 0 Å². The smallest absolute Gasteiger partial charge is 0.267 e. The lowest BCUT2D eigenvalue weighted by atomic mass is 10.1. The summed E-state index contributed by atoms with van der Waals surface area (Å²) in [7, 11) is 1.57. The van der Waals surface area contributed by atoms with Gasteiger partial charge in [0, 0.05) is 20.0 Å². The number of aliphatic hydroxyl groups is 1. The molecule has 3 nitrogen and oxygen atoms in total. The van der Waals surface area contributed by atoms with Gasteiger partial charge in [-0.1, -0.05) is 0 Å². The molecule has 1 unspecified atom stereocenters. The molecule has 0 spiro atoms. The molecule has 0 bridgehead atoms. The molecule has 6 heteroatoms. The minimum Gasteiger partial charge on any atom is -0.391 e. The molecular formula is C7H12F2N2OS. The number of nitrogens with zero attached hydrogens (tertiary/aromatic N) is 1. The number of hydrogen-bond acceptors (Lipinski definition) is 2. The number of piperidine rings is 1. The van der Waals surface area contributed by atoms with Gasteiger partial charge in [0.25, 0.3) is 5.92 Å². The van der Waals surface area contributed by atoms with E-state index < -0.39 is 25.0 Å². The highest BCUT2D eigenvalue weighted by Gasteiger charge is 2.40. The molecule has 0 amide bonds. The second-order valence-corrected chi connectivity index (χ2v) is 3.54. The third-order valence-electron chi connectivity index (χ3n) is 1.89. The van der Waals surface area contributed by atoms with E-state index in [-0.39, 0.29) is 11.7 Å². The van der Waals surface area contributed by atoms with Crippen molar-refractivity contribution in [2.24, 2.45) is 0 Å². The molecule has 0 aromatic rings. The Morgan fingerprint density at radius 2 is 2.31 bits per heavy atom. The molecule has 0 saturated carbocycles. The largest absolute Gasteiger partial charge is 0.391 e. The summed E-state index contributed by atoms with van der Waals surface area (Å²) in [5, 5.41) is 12.0. The highest BCUT2D eigenvalue weighted by molar-refractivity contribution is 7.80. The summed E-state index contributed by atoms with van der Waals surface area (Å²) in [5.41, 5.74) is 0. The summed E-state index contributed by atoms with van der Waals surface area (Å²) < 4.78 is 25.8. The van der Waals surface area contributed by atoms with E-state index >= 15 is 0 Å². The van der Waals surface area contributed by atoms with Crippen LogP contribution >= 0.6 is 12.2 Å². The van der Waals surface area contributed by atoms with Crippen molar-refractivity contribution in [2.75, 3.05) is 20.1 Å². The van der Waals surface area contributed by atoms with Crippen LogP contribution in [0.5, 0.6) is 0 Å². The van der Waals surface area contributed by atoms with Crippen molar-refractivity contribution in [1.82, 2.24) is 10.2 Å². The monoisotopic (exact) mass is 210 g/mol. The van der Waals surface area contributed by atoms with Crippen LogP contribution in [0.1, 0.15) is 6.42 Å². The van der Waals surface area contributed by atoms with Crippen LogP contribution in [0.4, 0.5) is 8.78 Å². The molecule has 13 heavy (non-hydrogen) atoms. The predicted octanol–water partition coefficient (Wildman–Crippen LogP) is 0.193. The summed E-state index contributed by atoms with van der Waals surface area (Å²) in [6.07, 6.45) is -1.48. The van der Waals surface area contributed by atoms with Gasteiger partial charge in [0.05, 0.1) is 12.6 Å². The molecular weight excluding hydrogens is 198 g/mol. The van der Waals surface area contributed by atoms with Crippen molar-refractivity contribution in [2.45, 2.75) is 18.4 Å². The Morgan fingerprint density at radius 1 is 1.69 bits per heavy atom. The Kier molecular flexibility index (Phi) is 3.02.